The Balaban J connectivity index is 2.00. The molecule has 0 spiro atoms. The molecular formula is C13H12N4OS. The molecule has 0 aliphatic carbocycles. The van der Waals surface area contributed by atoms with Crippen molar-refractivity contribution in [2.45, 2.75) is 4.90 Å². The Labute approximate surface area is 114 Å². The van der Waals surface area contributed by atoms with Crippen LogP contribution >= 0.6 is 11.8 Å². The second-order valence-corrected chi connectivity index (χ2v) is 5.26. The molecule has 96 valence electrons. The van der Waals surface area contributed by atoms with E-state index in [-0.39, 0.29) is 5.91 Å². The van der Waals surface area contributed by atoms with Crippen LogP contribution in [0.1, 0.15) is 10.5 Å². The van der Waals surface area contributed by atoms with Crippen molar-refractivity contribution in [1.82, 2.24) is 9.97 Å². The van der Waals surface area contributed by atoms with E-state index in [1.807, 2.05) is 18.2 Å². The molecule has 0 radical (unpaired) electrons. The number of carbonyl (C=O) groups excluding carboxylic acids is 1. The van der Waals surface area contributed by atoms with Gasteiger partial charge in [0.2, 0.25) is 0 Å². The molecular weight excluding hydrogens is 260 g/mol. The Morgan fingerprint density at radius 1 is 1.37 bits per heavy atom. The Kier molecular flexibility index (Phi) is 3.08. The number of anilines is 2. The molecule has 1 aromatic carbocycles. The number of nitrogens with zero attached hydrogens (tertiary/aromatic N) is 3. The summed E-state index contributed by atoms with van der Waals surface area (Å²) in [6, 6.07) is 5.63. The molecule has 2 heterocycles. The largest absolute Gasteiger partial charge is 0.399 e. The minimum Gasteiger partial charge on any atom is -0.399 e. The van der Waals surface area contributed by atoms with Crippen molar-refractivity contribution in [1.29, 1.82) is 0 Å². The van der Waals surface area contributed by atoms with E-state index in [0.717, 1.165) is 16.3 Å². The highest BCUT2D eigenvalue weighted by Crippen LogP contribution is 2.36. The van der Waals surface area contributed by atoms with Crippen LogP contribution in [0.15, 0.2) is 41.7 Å². The normalized spacial score (nSPS) is 14.0. The van der Waals surface area contributed by atoms with Crippen LogP contribution in [0.4, 0.5) is 11.4 Å². The van der Waals surface area contributed by atoms with Crippen molar-refractivity contribution >= 4 is 29.0 Å². The maximum absolute atomic E-state index is 12.4. The fourth-order valence-corrected chi connectivity index (χ4v) is 2.97. The highest BCUT2D eigenvalue weighted by atomic mass is 32.2. The van der Waals surface area contributed by atoms with Crippen molar-refractivity contribution in [3.63, 3.8) is 0 Å². The predicted octanol–water partition coefficient (Wildman–Crippen LogP) is 1.81. The molecule has 2 N–H and O–H groups in total. The van der Waals surface area contributed by atoms with Crippen molar-refractivity contribution in [2.75, 3.05) is 22.9 Å². The van der Waals surface area contributed by atoms with Crippen LogP contribution in [0.5, 0.6) is 0 Å². The Morgan fingerprint density at radius 2 is 2.26 bits per heavy atom. The van der Waals surface area contributed by atoms with E-state index >= 15 is 0 Å². The fourth-order valence-electron chi connectivity index (χ4n) is 1.99. The lowest BCUT2D eigenvalue weighted by atomic mass is 10.2. The number of aromatic nitrogens is 2. The Morgan fingerprint density at radius 3 is 3.05 bits per heavy atom. The maximum atomic E-state index is 12.4. The van der Waals surface area contributed by atoms with Gasteiger partial charge in [-0.25, -0.2) is 4.98 Å². The molecule has 0 atom stereocenters. The standard InChI is InChI=1S/C13H12N4OS/c14-9-1-2-12-11(7-9)17(5-6-19-12)13(18)10-8-15-3-4-16-10/h1-4,7-8H,5-6,14H2. The summed E-state index contributed by atoms with van der Waals surface area (Å²) < 4.78 is 0. The number of nitrogen functional groups attached to an aromatic ring is 1. The fraction of sp³-hybridized carbons (Fsp3) is 0.154. The van der Waals surface area contributed by atoms with Gasteiger partial charge in [-0.15, -0.1) is 11.8 Å². The van der Waals surface area contributed by atoms with Crippen LogP contribution in [-0.2, 0) is 0 Å². The van der Waals surface area contributed by atoms with Crippen LogP contribution in [0.25, 0.3) is 0 Å². The smallest absolute Gasteiger partial charge is 0.278 e. The number of nitrogens with two attached hydrogens (primary N) is 1. The first-order valence-corrected chi connectivity index (χ1v) is 6.84. The van der Waals surface area contributed by atoms with Gasteiger partial charge in [-0.3, -0.25) is 9.78 Å². The molecule has 1 amide bonds. The van der Waals surface area contributed by atoms with Crippen LogP contribution in [0, 0.1) is 0 Å². The summed E-state index contributed by atoms with van der Waals surface area (Å²) in [6.07, 6.45) is 4.55. The quantitative estimate of drug-likeness (QED) is 0.802. The zero-order chi connectivity index (χ0) is 13.2. The molecule has 0 bridgehead atoms. The van der Waals surface area contributed by atoms with Crippen molar-refractivity contribution in [2.24, 2.45) is 0 Å². The summed E-state index contributed by atoms with van der Waals surface area (Å²) in [5.74, 6) is 0.725. The van der Waals surface area contributed by atoms with Gasteiger partial charge in [0, 0.05) is 35.3 Å². The second kappa shape index (κ2) is 4.89. The van der Waals surface area contributed by atoms with Crippen LogP contribution in [0.3, 0.4) is 0 Å². The van der Waals surface area contributed by atoms with E-state index in [4.69, 9.17) is 5.73 Å². The number of rotatable bonds is 1. The van der Waals surface area contributed by atoms with E-state index in [0.29, 0.717) is 17.9 Å². The highest BCUT2D eigenvalue weighted by molar-refractivity contribution is 7.99. The van der Waals surface area contributed by atoms with Gasteiger partial charge < -0.3 is 10.6 Å². The summed E-state index contributed by atoms with van der Waals surface area (Å²) in [7, 11) is 0. The molecule has 1 aliphatic heterocycles. The minimum atomic E-state index is -0.139. The zero-order valence-electron chi connectivity index (χ0n) is 10.1. The minimum absolute atomic E-state index is 0.139. The summed E-state index contributed by atoms with van der Waals surface area (Å²) in [6.45, 7) is 0.649. The van der Waals surface area contributed by atoms with Crippen LogP contribution in [0.2, 0.25) is 0 Å². The summed E-state index contributed by atoms with van der Waals surface area (Å²) in [5.41, 5.74) is 7.66. The molecule has 0 saturated heterocycles. The van der Waals surface area contributed by atoms with E-state index in [9.17, 15) is 4.79 Å². The third kappa shape index (κ3) is 2.26. The van der Waals surface area contributed by atoms with Gasteiger partial charge >= 0.3 is 0 Å². The molecule has 6 heteroatoms. The van der Waals surface area contributed by atoms with E-state index in [1.165, 1.54) is 12.4 Å². The SMILES string of the molecule is Nc1ccc2c(c1)N(C(=O)c1cnccn1)CCS2. The van der Waals surface area contributed by atoms with E-state index in [1.54, 1.807) is 22.9 Å². The molecule has 19 heavy (non-hydrogen) atoms. The molecule has 2 aromatic rings. The van der Waals surface area contributed by atoms with Crippen LogP contribution < -0.4 is 10.6 Å². The lowest BCUT2D eigenvalue weighted by molar-refractivity contribution is 0.0982. The van der Waals surface area contributed by atoms with Gasteiger partial charge in [-0.2, -0.15) is 0 Å². The summed E-state index contributed by atoms with van der Waals surface area (Å²) >= 11 is 1.73. The Bertz CT molecular complexity index is 617. The number of thioether (sulfide) groups is 1. The maximum Gasteiger partial charge on any atom is 0.278 e. The van der Waals surface area contributed by atoms with Gasteiger partial charge in [0.1, 0.15) is 5.69 Å². The highest BCUT2D eigenvalue weighted by Gasteiger charge is 2.25. The summed E-state index contributed by atoms with van der Waals surface area (Å²) in [5, 5.41) is 0. The van der Waals surface area contributed by atoms with E-state index in [2.05, 4.69) is 9.97 Å². The molecule has 5 nitrogen and oxygen atoms in total. The van der Waals surface area contributed by atoms with Gasteiger partial charge in [0.25, 0.3) is 5.91 Å². The van der Waals surface area contributed by atoms with Gasteiger partial charge in [0.05, 0.1) is 11.9 Å². The van der Waals surface area contributed by atoms with Gasteiger partial charge in [0.15, 0.2) is 0 Å². The van der Waals surface area contributed by atoms with E-state index < -0.39 is 0 Å². The average molecular weight is 272 g/mol. The van der Waals surface area contributed by atoms with Crippen molar-refractivity contribution < 1.29 is 4.79 Å². The molecule has 0 fully saturated rings. The molecule has 0 unspecified atom stereocenters. The van der Waals surface area contributed by atoms with Gasteiger partial charge in [-0.05, 0) is 18.2 Å². The lowest BCUT2D eigenvalue weighted by Crippen LogP contribution is -2.36. The Hall–Kier alpha value is -2.08. The predicted molar refractivity (Wildman–Crippen MR) is 75.3 cm³/mol. The van der Waals surface area contributed by atoms with Crippen LogP contribution in [-0.4, -0.2) is 28.2 Å². The molecule has 1 aromatic heterocycles. The average Bonchev–Trinajstić information content (AvgIpc) is 2.47. The number of hydrogen-bond acceptors (Lipinski definition) is 5. The number of fused-ring (bicyclic) bond motifs is 1. The number of amides is 1. The molecule has 0 saturated carbocycles. The number of hydrogen-bond donors (Lipinski definition) is 1. The monoisotopic (exact) mass is 272 g/mol. The first-order chi connectivity index (χ1) is 9.25. The summed E-state index contributed by atoms with van der Waals surface area (Å²) in [4.78, 5) is 23.2. The second-order valence-electron chi connectivity index (χ2n) is 4.12. The third-order valence-electron chi connectivity index (χ3n) is 2.87. The number of benzene rings is 1. The first kappa shape index (κ1) is 12.0. The lowest BCUT2D eigenvalue weighted by Gasteiger charge is -2.28. The topological polar surface area (TPSA) is 72.1 Å². The van der Waals surface area contributed by atoms with Crippen molar-refractivity contribution in [3.05, 3.63) is 42.5 Å². The molecule has 3 rings (SSSR count). The van der Waals surface area contributed by atoms with Crippen molar-refractivity contribution in [3.8, 4) is 0 Å². The third-order valence-corrected chi connectivity index (χ3v) is 3.92. The number of carbonyl (C=O) groups is 1. The first-order valence-electron chi connectivity index (χ1n) is 5.86. The molecule has 1 aliphatic rings. The van der Waals surface area contributed by atoms with Gasteiger partial charge in [-0.1, -0.05) is 0 Å². The zero-order valence-corrected chi connectivity index (χ0v) is 10.9.